The monoisotopic (exact) mass is 721 g/mol. The number of methoxy groups -OCH3 is 1. The summed E-state index contributed by atoms with van der Waals surface area (Å²) in [4.78, 5) is 29.5. The highest BCUT2D eigenvalue weighted by atomic mass is 35.5. The maximum Gasteiger partial charge on any atom is 0.286 e. The van der Waals surface area contributed by atoms with Gasteiger partial charge in [0.2, 0.25) is 0 Å². The molecule has 2 aromatic carbocycles. The number of benzene rings is 2. The zero-order valence-corrected chi connectivity index (χ0v) is 30.2. The normalized spacial score (nSPS) is 31.7. The molecule has 50 heavy (non-hydrogen) atoms. The molecule has 2 bridgehead atoms. The van der Waals surface area contributed by atoms with Crippen molar-refractivity contribution in [1.82, 2.24) is 14.5 Å². The number of hydrogen-bond acceptors (Lipinski definition) is 8. The highest BCUT2D eigenvalue weighted by Gasteiger charge is 2.44. The van der Waals surface area contributed by atoms with Crippen LogP contribution >= 0.6 is 11.6 Å². The summed E-state index contributed by atoms with van der Waals surface area (Å²) in [6, 6.07) is 11.4. The maximum absolute atomic E-state index is 14.4. The van der Waals surface area contributed by atoms with Gasteiger partial charge in [0.25, 0.3) is 11.8 Å². The number of carbonyl (C=O) groups excluding carboxylic acids is 2. The number of aryl methyl sites for hydroxylation is 2. The largest absolute Gasteiger partial charge is 0.490 e. The van der Waals surface area contributed by atoms with E-state index in [2.05, 4.69) is 31.2 Å². The molecule has 13 heteroatoms. The molecule has 266 valence electrons. The van der Waals surface area contributed by atoms with Gasteiger partial charge in [-0.2, -0.15) is 5.10 Å². The molecule has 7 atom stereocenters. The van der Waals surface area contributed by atoms with Gasteiger partial charge in [0, 0.05) is 49.4 Å². The second kappa shape index (κ2) is 13.8. The molecule has 0 saturated heterocycles. The fourth-order valence-electron chi connectivity index (χ4n) is 8.08. The number of hydrogen-bond donors (Lipinski definition) is 2. The van der Waals surface area contributed by atoms with Crippen molar-refractivity contribution in [3.63, 3.8) is 0 Å². The van der Waals surface area contributed by atoms with Crippen LogP contribution in [-0.4, -0.2) is 75.7 Å². The molecule has 0 radical (unpaired) electrons. The van der Waals surface area contributed by atoms with E-state index in [4.69, 9.17) is 21.1 Å². The molecule has 7 rings (SSSR count). The summed E-state index contributed by atoms with van der Waals surface area (Å²) >= 11 is 6.44. The quantitative estimate of drug-likeness (QED) is 0.357. The van der Waals surface area contributed by atoms with Crippen molar-refractivity contribution in [2.45, 2.75) is 56.7 Å². The predicted molar refractivity (Wildman–Crippen MR) is 192 cm³/mol. The number of carbonyl (C=O) groups is 2. The van der Waals surface area contributed by atoms with Crippen molar-refractivity contribution in [1.29, 1.82) is 0 Å². The number of nitrogens with one attached hydrogen (secondary N) is 1. The van der Waals surface area contributed by atoms with E-state index in [-0.39, 0.29) is 34.3 Å². The van der Waals surface area contributed by atoms with Crippen molar-refractivity contribution in [3.8, 4) is 5.75 Å². The maximum atomic E-state index is 14.4. The van der Waals surface area contributed by atoms with Gasteiger partial charge in [0.05, 0.1) is 42.0 Å². The molecular weight excluding hydrogens is 678 g/mol. The van der Waals surface area contributed by atoms with E-state index in [1.54, 1.807) is 45.4 Å². The van der Waals surface area contributed by atoms with Gasteiger partial charge < -0.3 is 19.5 Å². The smallest absolute Gasteiger partial charge is 0.286 e. The summed E-state index contributed by atoms with van der Waals surface area (Å²) < 4.78 is 35.2. The van der Waals surface area contributed by atoms with Crippen molar-refractivity contribution >= 4 is 39.0 Å². The zero-order chi connectivity index (χ0) is 35.2. The van der Waals surface area contributed by atoms with Crippen LogP contribution in [-0.2, 0) is 33.5 Å². The van der Waals surface area contributed by atoms with Crippen LogP contribution in [0, 0.1) is 17.8 Å². The van der Waals surface area contributed by atoms with E-state index in [0.717, 1.165) is 42.8 Å². The van der Waals surface area contributed by atoms with Crippen molar-refractivity contribution < 1.29 is 28.4 Å². The molecule has 1 spiro atoms. The molecule has 4 aliphatic rings. The van der Waals surface area contributed by atoms with E-state index in [1.165, 1.54) is 28.2 Å². The number of aromatic nitrogens is 2. The summed E-state index contributed by atoms with van der Waals surface area (Å²) in [6.07, 6.45) is 10.1. The Bertz CT molecular complexity index is 1960. The summed E-state index contributed by atoms with van der Waals surface area (Å²) in [5.74, 6) is -1.10. The number of ether oxygens (including phenoxy) is 2. The highest BCUT2D eigenvalue weighted by molar-refractivity contribution is 7.92. The van der Waals surface area contributed by atoms with Crippen LogP contribution in [0.2, 0.25) is 5.02 Å². The highest BCUT2D eigenvalue weighted by Crippen LogP contribution is 2.47. The minimum Gasteiger partial charge on any atom is -0.490 e. The van der Waals surface area contributed by atoms with Crippen LogP contribution in [0.4, 0.5) is 5.69 Å². The van der Waals surface area contributed by atoms with Crippen molar-refractivity contribution in [2.24, 2.45) is 29.2 Å². The zero-order valence-electron chi connectivity index (χ0n) is 28.6. The van der Waals surface area contributed by atoms with E-state index in [9.17, 15) is 18.9 Å². The standard InChI is InChI=1S/C37H44ClN5O6S/c1-23-20-50(47,41-36(46)27-17-39-42(2)18-27)40-35(45)25-7-12-34-31(16-25)43(19-26-6-9-29(26)33(48-3)13-11-32(23)44)21-37(22-49-34)14-4-5-24-15-28(38)8-10-30(24)37/h7-8,10-13,15-18,23,26,29,32-33,44H,4-6,9,14,19-22H2,1-3H3,(H,40,41,45,46,47)/b13-11+/t23-,26+,29-,32+,33+,37+,50?/m1/s1. The Balaban J connectivity index is 1.32. The lowest BCUT2D eigenvalue weighted by Crippen LogP contribution is -2.49. The first-order chi connectivity index (χ1) is 24.0. The van der Waals surface area contributed by atoms with Crippen LogP contribution in [0.15, 0.2) is 65.3 Å². The lowest BCUT2D eigenvalue weighted by Gasteiger charge is -2.46. The first-order valence-corrected chi connectivity index (χ1v) is 19.3. The minimum absolute atomic E-state index is 0.175. The number of fused-ring (bicyclic) bond motifs is 4. The van der Waals surface area contributed by atoms with E-state index in [0.29, 0.717) is 31.4 Å². The lowest BCUT2D eigenvalue weighted by atomic mass is 9.68. The fourth-order valence-corrected chi connectivity index (χ4v) is 10.2. The Labute approximate surface area is 298 Å². The van der Waals surface area contributed by atoms with Crippen LogP contribution in [0.25, 0.3) is 0 Å². The van der Waals surface area contributed by atoms with Gasteiger partial charge in [-0.1, -0.05) is 36.7 Å². The average molecular weight is 722 g/mol. The van der Waals surface area contributed by atoms with Gasteiger partial charge in [-0.3, -0.25) is 19.0 Å². The lowest BCUT2D eigenvalue weighted by molar-refractivity contribution is 0.0124. The molecular formula is C37H44ClN5O6S. The molecule has 1 fully saturated rings. The van der Waals surface area contributed by atoms with Gasteiger partial charge in [0.15, 0.2) is 0 Å². The first kappa shape index (κ1) is 34.7. The summed E-state index contributed by atoms with van der Waals surface area (Å²) in [7, 11) is -0.358. The topological polar surface area (TPSA) is 135 Å². The molecule has 3 heterocycles. The molecule has 11 nitrogen and oxygen atoms in total. The number of anilines is 1. The molecule has 1 saturated carbocycles. The van der Waals surface area contributed by atoms with Crippen molar-refractivity contribution in [2.75, 3.05) is 37.5 Å². The average Bonchev–Trinajstić information content (AvgIpc) is 3.45. The molecule has 1 unspecified atom stereocenters. The van der Waals surface area contributed by atoms with Gasteiger partial charge in [-0.15, -0.1) is 4.36 Å². The molecule has 2 aliphatic heterocycles. The third kappa shape index (κ3) is 6.82. The Morgan fingerprint density at radius 2 is 2.04 bits per heavy atom. The fraction of sp³-hybridized carbons (Fsp3) is 0.486. The number of nitrogens with zero attached hydrogens (tertiary/aromatic N) is 4. The molecule has 3 aromatic rings. The van der Waals surface area contributed by atoms with Gasteiger partial charge in [-0.25, -0.2) is 4.21 Å². The Kier molecular flexibility index (Phi) is 9.57. The predicted octanol–water partition coefficient (Wildman–Crippen LogP) is 5.11. The summed E-state index contributed by atoms with van der Waals surface area (Å²) in [5, 5.41) is 15.9. The number of aliphatic hydroxyl groups excluding tert-OH is 1. The number of aliphatic hydroxyl groups is 1. The Morgan fingerprint density at radius 3 is 2.78 bits per heavy atom. The SMILES string of the molecule is CO[C@H]1/C=C/[C@H](O)[C@H](C)CS(=O)(NC(=O)c2cnn(C)c2)=NC(=O)c2ccc3c(c2)N(C[C@@H]2CC[C@H]21)C[C@@]1(CCCc2cc(Cl)ccc21)CO3. The second-order valence-corrected chi connectivity index (χ2v) is 16.8. The molecule has 2 aliphatic carbocycles. The molecule has 2 amide bonds. The minimum atomic E-state index is -3.71. The van der Waals surface area contributed by atoms with E-state index < -0.39 is 33.8 Å². The molecule has 2 N–H and O–H groups in total. The first-order valence-electron chi connectivity index (χ1n) is 17.3. The van der Waals surface area contributed by atoms with Crippen LogP contribution in [0.3, 0.4) is 0 Å². The van der Waals surface area contributed by atoms with Gasteiger partial charge in [-0.05, 0) is 91.3 Å². The van der Waals surface area contributed by atoms with Crippen LogP contribution < -0.4 is 14.4 Å². The summed E-state index contributed by atoms with van der Waals surface area (Å²) in [5.41, 5.74) is 3.37. The third-order valence-corrected chi connectivity index (χ3v) is 13.1. The number of rotatable bonds is 3. The number of amides is 2. The molecule has 1 aromatic heterocycles. The van der Waals surface area contributed by atoms with Crippen LogP contribution in [0.1, 0.15) is 64.4 Å². The Morgan fingerprint density at radius 1 is 1.20 bits per heavy atom. The van der Waals surface area contributed by atoms with Gasteiger partial charge in [0.1, 0.15) is 15.7 Å². The Hall–Kier alpha value is -3.71. The van der Waals surface area contributed by atoms with E-state index >= 15 is 0 Å². The third-order valence-electron chi connectivity index (χ3n) is 10.9. The van der Waals surface area contributed by atoms with Gasteiger partial charge >= 0.3 is 0 Å². The van der Waals surface area contributed by atoms with E-state index in [1.807, 2.05) is 12.1 Å². The second-order valence-electron chi connectivity index (χ2n) is 14.4. The van der Waals surface area contributed by atoms with Crippen molar-refractivity contribution in [3.05, 3.63) is 88.2 Å². The summed E-state index contributed by atoms with van der Waals surface area (Å²) in [6.45, 7) is 3.58. The number of halogens is 1. The van der Waals surface area contributed by atoms with Crippen LogP contribution in [0.5, 0.6) is 5.75 Å².